The summed E-state index contributed by atoms with van der Waals surface area (Å²) in [6.45, 7) is 2.62. The zero-order chi connectivity index (χ0) is 25.3. The van der Waals surface area contributed by atoms with Gasteiger partial charge in [0.05, 0.1) is 12.3 Å². The fourth-order valence-electron chi connectivity index (χ4n) is 4.24. The van der Waals surface area contributed by atoms with Crippen LogP contribution in [0.15, 0.2) is 30.3 Å². The molecular weight excluding hydrogens is 458 g/mol. The quantitative estimate of drug-likeness (QED) is 0.0800. The number of esters is 1. The minimum atomic E-state index is -0.378. The Labute approximate surface area is 213 Å². The van der Waals surface area contributed by atoms with Gasteiger partial charge in [-0.2, -0.15) is 0 Å². The molecule has 1 heterocycles. The molecule has 0 spiro atoms. The molecular formula is C28H41NO5Si. The largest absolute Gasteiger partial charge is 0.463 e. The standard InChI is InChI=1S/C28H41NO5Si/c1-3-4-5-6-7-8-9-10-13-24-22-26(30)29(28(24)32)25-17-14-23(15-18-25)16-19-27(31)34-20-11-12-21-35-33-2/h14-19,24H,3-13,20-22H2,1-2H3. The first-order valence-electron chi connectivity index (χ1n) is 13.1. The Morgan fingerprint density at radius 1 is 1.00 bits per heavy atom. The van der Waals surface area contributed by atoms with Crippen LogP contribution in [0.5, 0.6) is 0 Å². The first kappa shape index (κ1) is 29.0. The van der Waals surface area contributed by atoms with E-state index in [0.29, 0.717) is 28.5 Å². The maximum Gasteiger partial charge on any atom is 0.330 e. The molecule has 1 aromatic rings. The van der Waals surface area contributed by atoms with E-state index in [2.05, 4.69) is 6.92 Å². The number of amides is 2. The van der Waals surface area contributed by atoms with Gasteiger partial charge >= 0.3 is 5.97 Å². The van der Waals surface area contributed by atoms with Gasteiger partial charge in [0.2, 0.25) is 21.6 Å². The third-order valence-electron chi connectivity index (χ3n) is 6.27. The predicted octanol–water partition coefficient (Wildman–Crippen LogP) is 6.12. The lowest BCUT2D eigenvalue weighted by molar-refractivity contribution is -0.137. The topological polar surface area (TPSA) is 72.9 Å². The summed E-state index contributed by atoms with van der Waals surface area (Å²) in [5, 5.41) is 0. The second-order valence-electron chi connectivity index (χ2n) is 9.13. The Bertz CT molecular complexity index is 808. The molecule has 2 radical (unpaired) electrons. The monoisotopic (exact) mass is 499 g/mol. The third kappa shape index (κ3) is 10.9. The van der Waals surface area contributed by atoms with Gasteiger partial charge in [0.15, 0.2) is 0 Å². The Morgan fingerprint density at radius 3 is 2.37 bits per heavy atom. The Balaban J connectivity index is 1.73. The molecule has 0 saturated carbocycles. The van der Waals surface area contributed by atoms with E-state index in [0.717, 1.165) is 43.7 Å². The van der Waals surface area contributed by atoms with Crippen molar-refractivity contribution >= 4 is 39.3 Å². The molecule has 7 heteroatoms. The van der Waals surface area contributed by atoms with E-state index < -0.39 is 0 Å². The first-order valence-corrected chi connectivity index (χ1v) is 14.3. The van der Waals surface area contributed by atoms with Gasteiger partial charge in [0.1, 0.15) is 0 Å². The van der Waals surface area contributed by atoms with E-state index >= 15 is 0 Å². The van der Waals surface area contributed by atoms with Crippen molar-refractivity contribution in [3.05, 3.63) is 35.9 Å². The summed E-state index contributed by atoms with van der Waals surface area (Å²) >= 11 is 0. The second-order valence-corrected chi connectivity index (χ2v) is 10.3. The van der Waals surface area contributed by atoms with Crippen molar-refractivity contribution in [1.82, 2.24) is 0 Å². The number of benzene rings is 1. The lowest BCUT2D eigenvalue weighted by atomic mass is 9.98. The van der Waals surface area contributed by atoms with Crippen molar-refractivity contribution in [2.45, 2.75) is 90.0 Å². The van der Waals surface area contributed by atoms with E-state index in [1.54, 1.807) is 37.5 Å². The van der Waals surface area contributed by atoms with Crippen LogP contribution in [-0.4, -0.2) is 41.3 Å². The van der Waals surface area contributed by atoms with Crippen LogP contribution in [0.4, 0.5) is 5.69 Å². The highest BCUT2D eigenvalue weighted by Gasteiger charge is 2.38. The minimum absolute atomic E-state index is 0.0872. The first-order chi connectivity index (χ1) is 17.1. The zero-order valence-electron chi connectivity index (χ0n) is 21.4. The molecule has 192 valence electrons. The van der Waals surface area contributed by atoms with Crippen molar-refractivity contribution in [2.75, 3.05) is 18.6 Å². The number of imide groups is 1. The van der Waals surface area contributed by atoms with E-state index in [-0.39, 0.29) is 23.7 Å². The van der Waals surface area contributed by atoms with Crippen molar-refractivity contribution in [3.8, 4) is 0 Å². The smallest absolute Gasteiger partial charge is 0.330 e. The predicted molar refractivity (Wildman–Crippen MR) is 141 cm³/mol. The maximum absolute atomic E-state index is 12.9. The summed E-state index contributed by atoms with van der Waals surface area (Å²) in [6, 6.07) is 8.11. The fourth-order valence-corrected chi connectivity index (χ4v) is 4.84. The number of carbonyl (C=O) groups is 3. The van der Waals surface area contributed by atoms with Gasteiger partial charge in [-0.1, -0.05) is 76.8 Å². The van der Waals surface area contributed by atoms with Crippen molar-refractivity contribution < 1.29 is 23.5 Å². The van der Waals surface area contributed by atoms with E-state index in [1.165, 1.54) is 49.5 Å². The Hall–Kier alpha value is -2.25. The average Bonchev–Trinajstić information content (AvgIpc) is 3.14. The fraction of sp³-hybridized carbons (Fsp3) is 0.607. The highest BCUT2D eigenvalue weighted by molar-refractivity contribution is 6.26. The molecule has 1 unspecified atom stereocenters. The van der Waals surface area contributed by atoms with Gasteiger partial charge < -0.3 is 9.16 Å². The molecule has 35 heavy (non-hydrogen) atoms. The molecule has 0 aromatic heterocycles. The second kappa shape index (κ2) is 17.2. The van der Waals surface area contributed by atoms with Crippen LogP contribution >= 0.6 is 0 Å². The number of hydrogen-bond acceptors (Lipinski definition) is 5. The molecule has 1 aliphatic heterocycles. The van der Waals surface area contributed by atoms with Crippen LogP contribution in [0, 0.1) is 5.92 Å². The number of ether oxygens (including phenoxy) is 1. The molecule has 2 amide bonds. The number of anilines is 1. The van der Waals surface area contributed by atoms with E-state index in [9.17, 15) is 14.4 Å². The summed E-state index contributed by atoms with van der Waals surface area (Å²) in [5.41, 5.74) is 1.40. The highest BCUT2D eigenvalue weighted by atomic mass is 28.2. The maximum atomic E-state index is 12.9. The van der Waals surface area contributed by atoms with Crippen LogP contribution in [0.3, 0.4) is 0 Å². The van der Waals surface area contributed by atoms with Gasteiger partial charge in [-0.15, -0.1) is 0 Å². The molecule has 1 aliphatic rings. The zero-order valence-corrected chi connectivity index (χ0v) is 22.4. The molecule has 0 N–H and O–H groups in total. The molecule has 1 saturated heterocycles. The molecule has 0 aliphatic carbocycles. The molecule has 1 aromatic carbocycles. The normalized spacial score (nSPS) is 15.9. The van der Waals surface area contributed by atoms with Gasteiger partial charge in [-0.05, 0) is 42.7 Å². The summed E-state index contributed by atoms with van der Waals surface area (Å²) in [7, 11) is 2.18. The molecule has 1 atom stereocenters. The van der Waals surface area contributed by atoms with Gasteiger partial charge in [-0.3, -0.25) is 14.5 Å². The van der Waals surface area contributed by atoms with Gasteiger partial charge in [0.25, 0.3) is 0 Å². The molecule has 2 rings (SSSR count). The van der Waals surface area contributed by atoms with Crippen molar-refractivity contribution in [3.63, 3.8) is 0 Å². The van der Waals surface area contributed by atoms with Crippen LogP contribution in [0.25, 0.3) is 6.08 Å². The van der Waals surface area contributed by atoms with E-state index in [1.807, 2.05) is 0 Å². The summed E-state index contributed by atoms with van der Waals surface area (Å²) in [6.07, 6.45) is 15.7. The number of carbonyl (C=O) groups excluding carboxylic acids is 3. The Morgan fingerprint density at radius 2 is 1.69 bits per heavy atom. The number of unbranched alkanes of at least 4 members (excludes halogenated alkanes) is 8. The number of nitrogens with zero attached hydrogens (tertiary/aromatic N) is 1. The van der Waals surface area contributed by atoms with E-state index in [4.69, 9.17) is 9.16 Å². The third-order valence-corrected chi connectivity index (χ3v) is 7.12. The average molecular weight is 500 g/mol. The summed E-state index contributed by atoms with van der Waals surface area (Å²) in [5.74, 6) is -0.794. The van der Waals surface area contributed by atoms with Crippen molar-refractivity contribution in [1.29, 1.82) is 0 Å². The molecule has 6 nitrogen and oxygen atoms in total. The molecule has 0 bridgehead atoms. The highest BCUT2D eigenvalue weighted by Crippen LogP contribution is 2.30. The van der Waals surface area contributed by atoms with Crippen LogP contribution in [-0.2, 0) is 23.5 Å². The van der Waals surface area contributed by atoms with Crippen LogP contribution < -0.4 is 4.90 Å². The van der Waals surface area contributed by atoms with Crippen LogP contribution in [0.1, 0.15) is 89.5 Å². The van der Waals surface area contributed by atoms with Crippen molar-refractivity contribution in [2.24, 2.45) is 5.92 Å². The number of rotatable bonds is 18. The Kier molecular flexibility index (Phi) is 14.3. The summed E-state index contributed by atoms with van der Waals surface area (Å²) < 4.78 is 10.2. The lowest BCUT2D eigenvalue weighted by Gasteiger charge is -2.15. The van der Waals surface area contributed by atoms with Crippen LogP contribution in [0.2, 0.25) is 6.04 Å². The minimum Gasteiger partial charge on any atom is -0.463 e. The lowest BCUT2D eigenvalue weighted by Crippen LogP contribution is -2.30. The van der Waals surface area contributed by atoms with Gasteiger partial charge in [0, 0.05) is 25.5 Å². The summed E-state index contributed by atoms with van der Waals surface area (Å²) in [4.78, 5) is 38.6. The number of hydrogen-bond donors (Lipinski definition) is 0. The van der Waals surface area contributed by atoms with Gasteiger partial charge in [-0.25, -0.2) is 4.79 Å². The SMILES string of the molecule is CCCCCCCCCCC1CC(=O)N(c2ccc(C=CC(=O)OCCCC[Si]OC)cc2)C1=O. The molecule has 1 fully saturated rings.